The third kappa shape index (κ3) is 3.18. The van der Waals surface area contributed by atoms with Crippen LogP contribution in [-0.4, -0.2) is 40.5 Å². The van der Waals surface area contributed by atoms with Gasteiger partial charge in [-0.25, -0.2) is 0 Å². The lowest BCUT2D eigenvalue weighted by Crippen LogP contribution is -2.33. The van der Waals surface area contributed by atoms with E-state index in [9.17, 15) is 20.0 Å². The monoisotopic (exact) mass is 272 g/mol. The minimum Gasteiger partial charge on any atom is -0.392 e. The van der Waals surface area contributed by atoms with Gasteiger partial charge in [-0.15, -0.1) is 0 Å². The van der Waals surface area contributed by atoms with Gasteiger partial charge in [0.1, 0.15) is 5.02 Å². The Labute approximate surface area is 109 Å². The van der Waals surface area contributed by atoms with Crippen LogP contribution in [0, 0.1) is 10.1 Å². The third-order valence-corrected chi connectivity index (χ3v) is 2.69. The topological polar surface area (TPSA) is 83.7 Å². The van der Waals surface area contributed by atoms with E-state index < -0.39 is 16.9 Å². The second-order valence-corrected chi connectivity index (χ2v) is 4.31. The molecular formula is C11H13ClN2O4. The van der Waals surface area contributed by atoms with Gasteiger partial charge in [0.15, 0.2) is 0 Å². The van der Waals surface area contributed by atoms with Gasteiger partial charge in [-0.05, 0) is 13.0 Å². The normalized spacial score (nSPS) is 12.0. The Balaban J connectivity index is 3.07. The lowest BCUT2D eigenvalue weighted by Gasteiger charge is -2.19. The average Bonchev–Trinajstić information content (AvgIpc) is 2.27. The van der Waals surface area contributed by atoms with Gasteiger partial charge >= 0.3 is 0 Å². The maximum Gasteiger partial charge on any atom is 0.288 e. The number of hydrogen-bond donors (Lipinski definition) is 1. The molecule has 0 aromatic heterocycles. The summed E-state index contributed by atoms with van der Waals surface area (Å²) in [5.41, 5.74) is -0.262. The van der Waals surface area contributed by atoms with E-state index >= 15 is 0 Å². The molecule has 0 heterocycles. The first-order valence-corrected chi connectivity index (χ1v) is 5.58. The predicted octanol–water partition coefficient (Wildman–Crippen LogP) is 1.70. The van der Waals surface area contributed by atoms with Gasteiger partial charge in [0.05, 0.1) is 16.6 Å². The van der Waals surface area contributed by atoms with Crippen molar-refractivity contribution >= 4 is 23.2 Å². The van der Waals surface area contributed by atoms with Crippen LogP contribution in [0.1, 0.15) is 17.3 Å². The molecule has 18 heavy (non-hydrogen) atoms. The van der Waals surface area contributed by atoms with Crippen molar-refractivity contribution in [3.05, 3.63) is 38.9 Å². The maximum absolute atomic E-state index is 12.0. The minimum absolute atomic E-state index is 0.0500. The molecule has 0 saturated heterocycles. The third-order valence-electron chi connectivity index (χ3n) is 2.29. The van der Waals surface area contributed by atoms with Gasteiger partial charge < -0.3 is 10.0 Å². The van der Waals surface area contributed by atoms with Crippen molar-refractivity contribution in [1.82, 2.24) is 4.90 Å². The van der Waals surface area contributed by atoms with E-state index in [1.807, 2.05) is 0 Å². The summed E-state index contributed by atoms with van der Waals surface area (Å²) in [6.45, 7) is 1.66. The summed E-state index contributed by atoms with van der Waals surface area (Å²) in [6.07, 6.45) is -0.684. The fourth-order valence-corrected chi connectivity index (χ4v) is 1.79. The number of nitro groups is 1. The Bertz CT molecular complexity index is 476. The van der Waals surface area contributed by atoms with E-state index in [1.54, 1.807) is 6.92 Å². The second-order valence-electron chi connectivity index (χ2n) is 3.93. The lowest BCUT2D eigenvalue weighted by molar-refractivity contribution is -0.384. The van der Waals surface area contributed by atoms with Crippen LogP contribution < -0.4 is 0 Å². The Hall–Kier alpha value is -1.66. The Morgan fingerprint density at radius 3 is 2.72 bits per heavy atom. The number of nitrogens with zero attached hydrogens (tertiary/aromatic N) is 2. The van der Waals surface area contributed by atoms with Gasteiger partial charge in [-0.1, -0.05) is 17.7 Å². The van der Waals surface area contributed by atoms with Crippen molar-refractivity contribution < 1.29 is 14.8 Å². The standard InChI is InChI=1S/C11H13ClN2O4/c1-7(15)6-13(2)11(16)8-4-3-5-9(10(8)12)14(17)18/h3-5,7,15H,6H2,1-2H3. The molecule has 0 radical (unpaired) electrons. The van der Waals surface area contributed by atoms with Crippen LogP contribution in [0.5, 0.6) is 0 Å². The lowest BCUT2D eigenvalue weighted by atomic mass is 10.1. The number of aliphatic hydroxyl groups is 1. The highest BCUT2D eigenvalue weighted by atomic mass is 35.5. The number of nitro benzene ring substituents is 1. The molecule has 0 saturated carbocycles. The molecule has 1 aromatic carbocycles. The van der Waals surface area contributed by atoms with Gasteiger partial charge in [0.2, 0.25) is 0 Å². The number of halogens is 1. The summed E-state index contributed by atoms with van der Waals surface area (Å²) in [4.78, 5) is 23.3. The summed E-state index contributed by atoms with van der Waals surface area (Å²) >= 11 is 5.83. The van der Waals surface area contributed by atoms with Crippen molar-refractivity contribution in [3.63, 3.8) is 0 Å². The number of rotatable bonds is 4. The zero-order valence-electron chi connectivity index (χ0n) is 9.96. The molecule has 1 atom stereocenters. The number of carbonyl (C=O) groups excluding carboxylic acids is 1. The molecule has 1 unspecified atom stereocenters. The summed E-state index contributed by atoms with van der Waals surface area (Å²) in [6, 6.07) is 4.04. The van der Waals surface area contributed by atoms with E-state index in [0.29, 0.717) is 0 Å². The Morgan fingerprint density at radius 1 is 1.61 bits per heavy atom. The number of aliphatic hydroxyl groups excluding tert-OH is 1. The largest absolute Gasteiger partial charge is 0.392 e. The van der Waals surface area contributed by atoms with Crippen LogP contribution in [0.4, 0.5) is 5.69 Å². The van der Waals surface area contributed by atoms with Gasteiger partial charge in [-0.3, -0.25) is 14.9 Å². The van der Waals surface area contributed by atoms with E-state index in [4.69, 9.17) is 11.6 Å². The van der Waals surface area contributed by atoms with Crippen molar-refractivity contribution in [2.45, 2.75) is 13.0 Å². The predicted molar refractivity (Wildman–Crippen MR) is 66.7 cm³/mol. The Kier molecular flexibility index (Phi) is 4.63. The smallest absolute Gasteiger partial charge is 0.288 e. The average molecular weight is 273 g/mol. The summed E-state index contributed by atoms with van der Waals surface area (Å²) in [7, 11) is 1.49. The maximum atomic E-state index is 12.0. The number of carbonyl (C=O) groups is 1. The van der Waals surface area contributed by atoms with Crippen molar-refractivity contribution in [3.8, 4) is 0 Å². The van der Waals surface area contributed by atoms with E-state index in [1.165, 1.54) is 30.1 Å². The molecule has 1 amide bonds. The summed E-state index contributed by atoms with van der Waals surface area (Å²) in [5.74, 6) is -0.468. The molecule has 1 aromatic rings. The fraction of sp³-hybridized carbons (Fsp3) is 0.364. The first-order chi connectivity index (χ1) is 8.34. The van der Waals surface area contributed by atoms with Crippen LogP contribution in [0.2, 0.25) is 5.02 Å². The van der Waals surface area contributed by atoms with E-state index in [2.05, 4.69) is 0 Å². The molecule has 6 nitrogen and oxygen atoms in total. The quantitative estimate of drug-likeness (QED) is 0.668. The minimum atomic E-state index is -0.684. The number of hydrogen-bond acceptors (Lipinski definition) is 4. The number of likely N-dealkylation sites (N-methyl/N-ethyl adjacent to an activating group) is 1. The second kappa shape index (κ2) is 5.79. The van der Waals surface area contributed by atoms with E-state index in [0.717, 1.165) is 0 Å². The molecule has 1 N–H and O–H groups in total. The van der Waals surface area contributed by atoms with Crippen LogP contribution in [0.15, 0.2) is 18.2 Å². The van der Waals surface area contributed by atoms with Crippen molar-refractivity contribution in [1.29, 1.82) is 0 Å². The number of benzene rings is 1. The van der Waals surface area contributed by atoms with Crippen LogP contribution in [0.3, 0.4) is 0 Å². The highest BCUT2D eigenvalue weighted by molar-refractivity contribution is 6.35. The van der Waals surface area contributed by atoms with Gasteiger partial charge in [0, 0.05) is 19.7 Å². The zero-order valence-corrected chi connectivity index (χ0v) is 10.7. The Morgan fingerprint density at radius 2 is 2.22 bits per heavy atom. The molecule has 0 bridgehead atoms. The molecular weight excluding hydrogens is 260 g/mol. The van der Waals surface area contributed by atoms with Crippen LogP contribution in [0.25, 0.3) is 0 Å². The van der Waals surface area contributed by atoms with E-state index in [-0.39, 0.29) is 22.8 Å². The molecule has 7 heteroatoms. The summed E-state index contributed by atoms with van der Waals surface area (Å²) in [5, 5.41) is 19.7. The first-order valence-electron chi connectivity index (χ1n) is 5.21. The fourth-order valence-electron chi connectivity index (χ4n) is 1.51. The molecule has 0 aliphatic carbocycles. The zero-order chi connectivity index (χ0) is 13.9. The van der Waals surface area contributed by atoms with Crippen LogP contribution >= 0.6 is 11.6 Å². The summed E-state index contributed by atoms with van der Waals surface area (Å²) < 4.78 is 0. The molecule has 1 rings (SSSR count). The SMILES string of the molecule is CC(O)CN(C)C(=O)c1cccc([N+](=O)[O-])c1Cl. The van der Waals surface area contributed by atoms with Crippen LogP contribution in [-0.2, 0) is 0 Å². The highest BCUT2D eigenvalue weighted by Crippen LogP contribution is 2.28. The van der Waals surface area contributed by atoms with Crippen molar-refractivity contribution in [2.75, 3.05) is 13.6 Å². The molecule has 0 spiro atoms. The number of amides is 1. The highest BCUT2D eigenvalue weighted by Gasteiger charge is 2.22. The molecule has 0 aliphatic heterocycles. The van der Waals surface area contributed by atoms with Gasteiger partial charge in [-0.2, -0.15) is 0 Å². The molecule has 98 valence electrons. The molecule has 0 aliphatic rings. The molecule has 0 fully saturated rings. The van der Waals surface area contributed by atoms with Gasteiger partial charge in [0.25, 0.3) is 11.6 Å². The first kappa shape index (κ1) is 14.4. The van der Waals surface area contributed by atoms with Crippen molar-refractivity contribution in [2.24, 2.45) is 0 Å².